The third kappa shape index (κ3) is 8.41. The van der Waals surface area contributed by atoms with E-state index >= 15 is 0 Å². The van der Waals surface area contributed by atoms with Crippen LogP contribution in [0.4, 0.5) is 0 Å². The summed E-state index contributed by atoms with van der Waals surface area (Å²) >= 11 is 0. The van der Waals surface area contributed by atoms with Gasteiger partial charge in [0.15, 0.2) is 18.7 Å². The minimum atomic E-state index is -1.27. The number of nitrogens with two attached hydrogens (primary N) is 2. The molecule has 0 radical (unpaired) electrons. The van der Waals surface area contributed by atoms with Gasteiger partial charge in [-0.25, -0.2) is 19.3 Å². The molecule has 3 saturated heterocycles. The largest absolute Gasteiger partial charge is 0.394 e. The number of amides is 2. The van der Waals surface area contributed by atoms with E-state index in [0.717, 1.165) is 28.4 Å². The first kappa shape index (κ1) is 37.8. The summed E-state index contributed by atoms with van der Waals surface area (Å²) in [5, 5.41) is 45.3. The number of rotatable bonds is 8. The number of aromatic nitrogens is 6. The van der Waals surface area contributed by atoms with Crippen LogP contribution in [0.1, 0.15) is 63.3 Å². The van der Waals surface area contributed by atoms with Gasteiger partial charge in [0.25, 0.3) is 11.8 Å². The summed E-state index contributed by atoms with van der Waals surface area (Å²) in [4.78, 5) is 39.4. The number of hydrogen-bond acceptors (Lipinski definition) is 15. The van der Waals surface area contributed by atoms with E-state index in [-0.39, 0.29) is 25.7 Å². The fourth-order valence-corrected chi connectivity index (χ4v) is 5.11. The smallest absolute Gasteiger partial charge is 0.288 e. The van der Waals surface area contributed by atoms with Crippen molar-refractivity contribution in [3.05, 3.63) is 96.1 Å². The van der Waals surface area contributed by atoms with Gasteiger partial charge in [-0.1, -0.05) is 68.1 Å². The van der Waals surface area contributed by atoms with Crippen molar-refractivity contribution in [2.45, 2.75) is 62.8 Å². The number of nitrogens with zero attached hydrogens (tertiary/aromatic N) is 6. The van der Waals surface area contributed by atoms with Crippen LogP contribution in [0.5, 0.6) is 0 Å². The van der Waals surface area contributed by atoms with Crippen LogP contribution < -0.4 is 11.5 Å². The van der Waals surface area contributed by atoms with Gasteiger partial charge in [0.2, 0.25) is 11.6 Å². The minimum Gasteiger partial charge on any atom is -0.394 e. The number of carbonyl (C=O) groups excluding carboxylic acids is 3. The van der Waals surface area contributed by atoms with Gasteiger partial charge in [-0.2, -0.15) is 0 Å². The van der Waals surface area contributed by atoms with Crippen LogP contribution in [0.2, 0.25) is 0 Å². The number of ether oxygens (including phenoxy) is 4. The summed E-state index contributed by atoms with van der Waals surface area (Å²) in [6, 6.07) is 18.6. The van der Waals surface area contributed by atoms with Crippen LogP contribution in [0.25, 0.3) is 0 Å². The summed E-state index contributed by atoms with van der Waals surface area (Å²) in [5.41, 5.74) is 11.7. The maximum absolute atomic E-state index is 11.2. The highest BCUT2D eigenvalue weighted by Gasteiger charge is 2.54. The molecule has 3 fully saturated rings. The molecule has 4 aromatic rings. The fraction of sp³-hybridized carbons (Fsp3) is 0.387. The molecule has 3 aliphatic heterocycles. The number of aliphatic hydroxyl groups excluding tert-OH is 4. The summed E-state index contributed by atoms with van der Waals surface area (Å²) in [5.74, 6) is -1.87. The van der Waals surface area contributed by atoms with Gasteiger partial charge in [-0.3, -0.25) is 14.4 Å². The Kier molecular flexibility index (Phi) is 12.9. The maximum atomic E-state index is 11.2. The van der Waals surface area contributed by atoms with Crippen molar-refractivity contribution in [3.8, 4) is 0 Å². The molecular weight excluding hydrogens is 660 g/mol. The first-order valence-electron chi connectivity index (χ1n) is 14.8. The van der Waals surface area contributed by atoms with E-state index in [1.165, 1.54) is 11.0 Å². The lowest BCUT2D eigenvalue weighted by Gasteiger charge is -2.19. The highest BCUT2D eigenvalue weighted by atomic mass is 16.8. The number of carbonyl (C=O) groups is 3. The lowest BCUT2D eigenvalue weighted by Crippen LogP contribution is -2.33. The van der Waals surface area contributed by atoms with E-state index in [9.17, 15) is 29.7 Å². The summed E-state index contributed by atoms with van der Waals surface area (Å²) in [6.45, 7) is -0.661. The molecule has 0 bridgehead atoms. The van der Waals surface area contributed by atoms with Crippen molar-refractivity contribution in [2.24, 2.45) is 11.5 Å². The normalized spacial score (nSPS) is 27.9. The number of fused-ring (bicyclic) bond motifs is 1. The number of benzene rings is 2. The molecule has 2 aromatic heterocycles. The quantitative estimate of drug-likeness (QED) is 0.119. The molecule has 3 aliphatic rings. The van der Waals surface area contributed by atoms with E-state index in [4.69, 9.17) is 35.5 Å². The van der Waals surface area contributed by atoms with Crippen molar-refractivity contribution in [3.63, 3.8) is 0 Å². The van der Waals surface area contributed by atoms with E-state index in [2.05, 4.69) is 20.2 Å². The molecular formula is C31H38N8O11. The third-order valence-corrected chi connectivity index (χ3v) is 7.53. The van der Waals surface area contributed by atoms with E-state index in [0.29, 0.717) is 0 Å². The second kappa shape index (κ2) is 17.1. The van der Waals surface area contributed by atoms with Crippen molar-refractivity contribution in [1.82, 2.24) is 29.5 Å². The van der Waals surface area contributed by atoms with E-state index in [1.54, 1.807) is 12.1 Å². The van der Waals surface area contributed by atoms with Crippen LogP contribution in [0.15, 0.2) is 73.3 Å². The van der Waals surface area contributed by atoms with Crippen LogP contribution in [0.3, 0.4) is 0 Å². The lowest BCUT2D eigenvalue weighted by molar-refractivity contribution is -0.156. The average Bonchev–Trinajstić information content (AvgIpc) is 3.96. The fourth-order valence-electron chi connectivity index (χ4n) is 5.11. The van der Waals surface area contributed by atoms with Gasteiger partial charge >= 0.3 is 0 Å². The summed E-state index contributed by atoms with van der Waals surface area (Å²) in [6.07, 6.45) is -3.81. The zero-order chi connectivity index (χ0) is 35.1. The van der Waals surface area contributed by atoms with Crippen LogP contribution in [-0.2, 0) is 18.9 Å². The van der Waals surface area contributed by atoms with Crippen molar-refractivity contribution in [1.29, 1.82) is 0 Å². The van der Waals surface area contributed by atoms with Gasteiger partial charge in [-0.05, 0) is 0 Å². The topological polar surface area (TPSA) is 283 Å². The Morgan fingerprint density at radius 1 is 0.720 bits per heavy atom. The second-order valence-electron chi connectivity index (χ2n) is 10.8. The molecule has 5 heterocycles. The van der Waals surface area contributed by atoms with Gasteiger partial charge < -0.3 is 50.8 Å². The molecule has 2 aromatic carbocycles. The zero-order valence-corrected chi connectivity index (χ0v) is 25.6. The molecule has 19 nitrogen and oxygen atoms in total. The Morgan fingerprint density at radius 2 is 1.22 bits per heavy atom. The van der Waals surface area contributed by atoms with Gasteiger partial charge in [0, 0.05) is 11.1 Å². The number of aldehydes is 1. The SMILES string of the molecule is C.NC(=O)c1ncn([C@@H]2O[C@H](CO)C3OC(c4ccccc4)OC32)n1.NC(=O)c1ncn([C@@H]2O[C@H](CO)[C@@H](O)[C@H]2O)n1.O=Cc1ccccc1. The second-order valence-corrected chi connectivity index (χ2v) is 10.8. The molecule has 3 unspecified atom stereocenters. The molecule has 0 aliphatic carbocycles. The Bertz CT molecular complexity index is 1690. The highest BCUT2D eigenvalue weighted by Crippen LogP contribution is 2.43. The first-order chi connectivity index (χ1) is 23.6. The van der Waals surface area contributed by atoms with E-state index in [1.807, 2.05) is 48.5 Å². The van der Waals surface area contributed by atoms with Gasteiger partial charge in [-0.15, -0.1) is 10.2 Å². The monoisotopic (exact) mass is 698 g/mol. The average molecular weight is 699 g/mol. The third-order valence-electron chi connectivity index (χ3n) is 7.53. The Morgan fingerprint density at radius 3 is 1.68 bits per heavy atom. The van der Waals surface area contributed by atoms with Crippen LogP contribution >= 0.6 is 0 Å². The number of aliphatic hydroxyl groups is 4. The molecule has 7 rings (SSSR count). The predicted molar refractivity (Wildman–Crippen MR) is 169 cm³/mol. The number of hydrogen-bond donors (Lipinski definition) is 6. The van der Waals surface area contributed by atoms with Crippen LogP contribution in [-0.4, -0.2) is 118 Å². The van der Waals surface area contributed by atoms with Crippen molar-refractivity contribution in [2.75, 3.05) is 13.2 Å². The Balaban J connectivity index is 0.000000188. The molecule has 0 saturated carbocycles. The predicted octanol–water partition coefficient (Wildman–Crippen LogP) is -1.13. The van der Waals surface area contributed by atoms with Crippen molar-refractivity contribution >= 4 is 18.1 Å². The van der Waals surface area contributed by atoms with E-state index < -0.39 is 73.8 Å². The molecule has 0 spiro atoms. The first-order valence-corrected chi connectivity index (χ1v) is 14.8. The molecule has 19 heteroatoms. The Hall–Kier alpha value is -4.99. The zero-order valence-electron chi connectivity index (χ0n) is 25.6. The molecule has 268 valence electrons. The summed E-state index contributed by atoms with van der Waals surface area (Å²) < 4.78 is 25.3. The molecule has 50 heavy (non-hydrogen) atoms. The number of primary amides is 2. The Labute approximate surface area is 285 Å². The lowest BCUT2D eigenvalue weighted by atomic mass is 10.1. The molecule has 2 amide bonds. The summed E-state index contributed by atoms with van der Waals surface area (Å²) in [7, 11) is 0. The minimum absolute atomic E-state index is 0. The standard InChI is InChI=1S/C15H16N4O5.C8H12N4O5.C7H6O.CH4/c16-12(21)13-17-7-19(18-13)14-11-10(9(6-20)22-14)23-15(24-11)8-4-2-1-3-5-8;9-6(16)7-10-2-12(11-7)8-5(15)4(14)3(1-13)17-8;8-6-7-4-2-1-3-5-7;/h1-5,7,9-11,14-15,20H,6H2,(H2,16,21);2-5,8,13-15H,1H2,(H2,9,16);1-6H;1H4/t9-,10?,11?,14-,15?;3-,4-,5-,8-;;/m11../s1. The highest BCUT2D eigenvalue weighted by molar-refractivity contribution is 5.88. The van der Waals surface area contributed by atoms with Crippen molar-refractivity contribution < 1.29 is 53.8 Å². The molecule has 9 atom stereocenters. The van der Waals surface area contributed by atoms with Gasteiger partial charge in [0.05, 0.1) is 13.2 Å². The van der Waals surface area contributed by atoms with Crippen LogP contribution in [0, 0.1) is 0 Å². The van der Waals surface area contributed by atoms with Gasteiger partial charge in [0.1, 0.15) is 55.6 Å². The maximum Gasteiger partial charge on any atom is 0.288 e. The molecule has 8 N–H and O–H groups in total.